The number of hydrogen-bond donors (Lipinski definition) is 2. The van der Waals surface area contributed by atoms with Crippen molar-refractivity contribution >= 4 is 41.0 Å². The summed E-state index contributed by atoms with van der Waals surface area (Å²) in [5.74, 6) is -0.689. The van der Waals surface area contributed by atoms with Gasteiger partial charge in [0.05, 0.1) is 30.1 Å². The topological polar surface area (TPSA) is 105 Å². The van der Waals surface area contributed by atoms with Crippen LogP contribution in [0.25, 0.3) is 5.70 Å². The zero-order valence-electron chi connectivity index (χ0n) is 13.6. The van der Waals surface area contributed by atoms with Gasteiger partial charge >= 0.3 is 0 Å². The van der Waals surface area contributed by atoms with E-state index in [2.05, 4.69) is 4.99 Å². The first-order valence-corrected chi connectivity index (χ1v) is 7.72. The number of rotatable bonds is 5. The minimum atomic E-state index is -0.689. The van der Waals surface area contributed by atoms with E-state index in [1.807, 2.05) is 25.1 Å². The van der Waals surface area contributed by atoms with E-state index in [1.165, 1.54) is 4.90 Å². The van der Waals surface area contributed by atoms with Crippen LogP contribution in [-0.2, 0) is 9.59 Å². The maximum Gasteiger partial charge on any atom is 0.252 e. The van der Waals surface area contributed by atoms with Crippen LogP contribution in [0.1, 0.15) is 5.56 Å². The average molecular weight is 350 g/mol. The smallest absolute Gasteiger partial charge is 0.252 e. The van der Waals surface area contributed by atoms with E-state index in [0.717, 1.165) is 5.69 Å². The van der Waals surface area contributed by atoms with Gasteiger partial charge in [-0.1, -0.05) is 11.6 Å². The van der Waals surface area contributed by atoms with Crippen molar-refractivity contribution in [3.8, 4) is 0 Å². The Labute approximate surface area is 145 Å². The second-order valence-corrected chi connectivity index (χ2v) is 6.09. The molecule has 0 atom stereocenters. The molecule has 2 amide bonds. The van der Waals surface area contributed by atoms with Gasteiger partial charge in [0, 0.05) is 36.9 Å². The van der Waals surface area contributed by atoms with Crippen LogP contribution in [0.4, 0.5) is 5.69 Å². The lowest BCUT2D eigenvalue weighted by molar-refractivity contribution is -0.118. The number of carbonyl (C=O) groups excluding carboxylic acids is 2. The van der Waals surface area contributed by atoms with Crippen molar-refractivity contribution in [3.05, 3.63) is 34.4 Å². The van der Waals surface area contributed by atoms with E-state index in [-0.39, 0.29) is 17.8 Å². The molecule has 8 heteroatoms. The lowest BCUT2D eigenvalue weighted by Crippen LogP contribution is -2.39. The summed E-state index contributed by atoms with van der Waals surface area (Å²) in [6.45, 7) is 1.10. The Morgan fingerprint density at radius 1 is 1.33 bits per heavy atom. The van der Waals surface area contributed by atoms with E-state index >= 15 is 0 Å². The summed E-state index contributed by atoms with van der Waals surface area (Å²) in [5, 5.41) is 0.489. The average Bonchev–Trinajstić information content (AvgIpc) is 2.54. The summed E-state index contributed by atoms with van der Waals surface area (Å²) in [5.41, 5.74) is 13.9. The Morgan fingerprint density at radius 2 is 2.04 bits per heavy atom. The second-order valence-electron chi connectivity index (χ2n) is 5.65. The first-order valence-electron chi connectivity index (χ1n) is 7.34. The molecule has 1 aromatic carbocycles. The van der Waals surface area contributed by atoms with Gasteiger partial charge in [0.2, 0.25) is 6.41 Å². The minimum absolute atomic E-state index is 0.119. The number of nitrogens with two attached hydrogens (primary N) is 2. The van der Waals surface area contributed by atoms with E-state index in [4.69, 9.17) is 23.1 Å². The molecule has 0 fully saturated rings. The molecular formula is C16H20ClN5O2. The van der Waals surface area contributed by atoms with Crippen molar-refractivity contribution in [2.45, 2.75) is 0 Å². The van der Waals surface area contributed by atoms with Gasteiger partial charge in [0.25, 0.3) is 5.91 Å². The molecule has 1 aliphatic heterocycles. The van der Waals surface area contributed by atoms with Gasteiger partial charge in [-0.25, -0.2) is 0 Å². The minimum Gasteiger partial charge on any atom is -0.398 e. The fraction of sp³-hybridized carbons (Fsp3) is 0.312. The first kappa shape index (κ1) is 17.8. The van der Waals surface area contributed by atoms with Crippen molar-refractivity contribution in [1.29, 1.82) is 0 Å². The summed E-state index contributed by atoms with van der Waals surface area (Å²) >= 11 is 6.15. The van der Waals surface area contributed by atoms with Gasteiger partial charge in [-0.05, 0) is 18.2 Å². The van der Waals surface area contributed by atoms with Crippen LogP contribution in [0.3, 0.4) is 0 Å². The zero-order chi connectivity index (χ0) is 17.9. The van der Waals surface area contributed by atoms with Crippen LogP contribution < -0.4 is 16.4 Å². The predicted octanol–water partition coefficient (Wildman–Crippen LogP) is 0.474. The summed E-state index contributed by atoms with van der Waals surface area (Å²) in [7, 11) is 3.75. The van der Waals surface area contributed by atoms with Crippen LogP contribution in [-0.4, -0.2) is 56.7 Å². The largest absolute Gasteiger partial charge is 0.398 e. The van der Waals surface area contributed by atoms with Gasteiger partial charge in [-0.15, -0.1) is 0 Å². The van der Waals surface area contributed by atoms with Crippen molar-refractivity contribution in [3.63, 3.8) is 0 Å². The van der Waals surface area contributed by atoms with Gasteiger partial charge in [0.15, 0.2) is 0 Å². The number of carbonyl (C=O) groups is 2. The molecule has 1 aliphatic rings. The number of hydrogen-bond acceptors (Lipinski definition) is 5. The molecule has 0 aliphatic carbocycles. The summed E-state index contributed by atoms with van der Waals surface area (Å²) in [6, 6.07) is 5.26. The Balaban J connectivity index is 2.54. The maximum atomic E-state index is 12.0. The third-order valence-corrected chi connectivity index (χ3v) is 3.92. The molecule has 4 N–H and O–H groups in total. The maximum absolute atomic E-state index is 12.0. The predicted molar refractivity (Wildman–Crippen MR) is 96.0 cm³/mol. The van der Waals surface area contributed by atoms with Crippen molar-refractivity contribution < 1.29 is 9.59 Å². The molecule has 0 radical (unpaired) electrons. The summed E-state index contributed by atoms with van der Waals surface area (Å²) in [6.07, 6.45) is 0.715. The fourth-order valence-electron chi connectivity index (χ4n) is 2.45. The molecule has 24 heavy (non-hydrogen) atoms. The van der Waals surface area contributed by atoms with Crippen molar-refractivity contribution in [2.24, 2.45) is 16.5 Å². The lowest BCUT2D eigenvalue weighted by atomic mass is 10.0. The molecule has 0 spiro atoms. The van der Waals surface area contributed by atoms with Gasteiger partial charge in [0.1, 0.15) is 0 Å². The molecule has 0 unspecified atom stereocenters. The van der Waals surface area contributed by atoms with E-state index in [1.54, 1.807) is 12.1 Å². The summed E-state index contributed by atoms with van der Waals surface area (Å²) in [4.78, 5) is 30.7. The van der Waals surface area contributed by atoms with Crippen molar-refractivity contribution in [2.75, 3.05) is 38.6 Å². The number of aliphatic imine (C=N–C) groups is 1. The molecule has 2 rings (SSSR count). The highest BCUT2D eigenvalue weighted by atomic mass is 35.5. The van der Waals surface area contributed by atoms with E-state index in [9.17, 15) is 9.59 Å². The van der Waals surface area contributed by atoms with Crippen LogP contribution in [0.5, 0.6) is 0 Å². The Kier molecular flexibility index (Phi) is 5.46. The highest BCUT2D eigenvalue weighted by molar-refractivity contribution is 6.31. The van der Waals surface area contributed by atoms with E-state index < -0.39 is 5.91 Å². The SMILES string of the molecule is CN(C)c1cc(Cl)cc(C(N)=C(C(N)=O)C2=NCCN(C=O)C2)c1. The number of benzene rings is 1. The molecule has 0 aromatic heterocycles. The molecule has 0 saturated heterocycles. The Morgan fingerprint density at radius 3 is 2.62 bits per heavy atom. The van der Waals surface area contributed by atoms with Crippen LogP contribution in [0.15, 0.2) is 28.8 Å². The number of nitrogens with zero attached hydrogens (tertiary/aromatic N) is 3. The molecule has 0 saturated carbocycles. The van der Waals surface area contributed by atoms with Crippen LogP contribution in [0, 0.1) is 0 Å². The molecule has 0 bridgehead atoms. The third kappa shape index (κ3) is 3.86. The zero-order valence-corrected chi connectivity index (χ0v) is 14.4. The fourth-order valence-corrected chi connectivity index (χ4v) is 2.67. The van der Waals surface area contributed by atoms with Crippen LogP contribution in [0.2, 0.25) is 5.02 Å². The highest BCUT2D eigenvalue weighted by Crippen LogP contribution is 2.26. The third-order valence-electron chi connectivity index (χ3n) is 3.71. The van der Waals surface area contributed by atoms with Gasteiger partial charge in [-0.2, -0.15) is 0 Å². The number of anilines is 1. The lowest BCUT2D eigenvalue weighted by Gasteiger charge is -2.24. The standard InChI is InChI=1S/C16H20ClN5O2/c1-21(2)12-6-10(5-11(17)7-12)15(18)14(16(19)24)13-8-22(9-23)4-3-20-13/h5-7,9H,3-4,8,18H2,1-2H3,(H2,19,24). The molecular weight excluding hydrogens is 330 g/mol. The van der Waals surface area contributed by atoms with E-state index in [0.29, 0.717) is 35.8 Å². The second kappa shape index (κ2) is 7.35. The molecule has 7 nitrogen and oxygen atoms in total. The summed E-state index contributed by atoms with van der Waals surface area (Å²) < 4.78 is 0. The first-order chi connectivity index (χ1) is 11.3. The Hall–Kier alpha value is -2.54. The quantitative estimate of drug-likeness (QED) is 0.595. The highest BCUT2D eigenvalue weighted by Gasteiger charge is 2.23. The number of amides is 2. The van der Waals surface area contributed by atoms with Gasteiger partial charge in [-0.3, -0.25) is 14.6 Å². The Bertz CT molecular complexity index is 727. The van der Waals surface area contributed by atoms with Crippen LogP contribution >= 0.6 is 11.6 Å². The normalized spacial score (nSPS) is 15.5. The molecule has 1 aromatic rings. The van der Waals surface area contributed by atoms with Gasteiger partial charge < -0.3 is 21.3 Å². The molecule has 1 heterocycles. The molecule has 128 valence electrons. The number of halogens is 1. The monoisotopic (exact) mass is 349 g/mol. The van der Waals surface area contributed by atoms with Crippen molar-refractivity contribution in [1.82, 2.24) is 4.90 Å². The number of primary amides is 1.